The molecule has 0 radical (unpaired) electrons. The first-order valence-electron chi connectivity index (χ1n) is 5.86. The molecule has 1 N–H and O–H groups in total. The van der Waals surface area contributed by atoms with Crippen molar-refractivity contribution in [1.82, 2.24) is 10.3 Å². The summed E-state index contributed by atoms with van der Waals surface area (Å²) in [4.78, 5) is 4.09. The lowest BCUT2D eigenvalue weighted by Gasteiger charge is -2.12. The third kappa shape index (κ3) is 3.52. The van der Waals surface area contributed by atoms with Crippen LogP contribution < -0.4 is 10.1 Å². The molecule has 100 valence electrons. The minimum Gasteiger partial charge on any atom is -0.436 e. The number of ether oxygens (including phenoxy) is 1. The molecule has 19 heavy (non-hydrogen) atoms. The average molecular weight is 325 g/mol. The molecule has 0 spiro atoms. The molecule has 1 aromatic heterocycles. The van der Waals surface area contributed by atoms with Crippen molar-refractivity contribution >= 4 is 15.9 Å². The zero-order valence-corrected chi connectivity index (χ0v) is 12.2. The van der Waals surface area contributed by atoms with Gasteiger partial charge in [-0.25, -0.2) is 9.37 Å². The van der Waals surface area contributed by atoms with Gasteiger partial charge in [0.1, 0.15) is 0 Å². The van der Waals surface area contributed by atoms with Crippen LogP contribution in [0.25, 0.3) is 0 Å². The molecule has 1 heterocycles. The second kappa shape index (κ2) is 6.12. The Morgan fingerprint density at radius 3 is 2.84 bits per heavy atom. The van der Waals surface area contributed by atoms with E-state index in [2.05, 4.69) is 26.2 Å². The van der Waals surface area contributed by atoms with Gasteiger partial charge in [0.05, 0.1) is 0 Å². The van der Waals surface area contributed by atoms with Crippen LogP contribution in [0.15, 0.2) is 41.0 Å². The van der Waals surface area contributed by atoms with Crippen LogP contribution in [0, 0.1) is 5.82 Å². The van der Waals surface area contributed by atoms with Crippen molar-refractivity contribution in [2.24, 2.45) is 0 Å². The minimum atomic E-state index is -0.419. The quantitative estimate of drug-likeness (QED) is 0.921. The number of hydrogen-bond donors (Lipinski definition) is 1. The Kier molecular flexibility index (Phi) is 4.50. The van der Waals surface area contributed by atoms with Gasteiger partial charge in [-0.3, -0.25) is 0 Å². The van der Waals surface area contributed by atoms with Crippen LogP contribution in [0.1, 0.15) is 18.5 Å². The Balaban J connectivity index is 2.26. The predicted molar refractivity (Wildman–Crippen MR) is 75.9 cm³/mol. The zero-order valence-electron chi connectivity index (χ0n) is 10.7. The summed E-state index contributed by atoms with van der Waals surface area (Å²) < 4.78 is 19.8. The van der Waals surface area contributed by atoms with E-state index in [-0.39, 0.29) is 11.8 Å². The van der Waals surface area contributed by atoms with Gasteiger partial charge in [0.2, 0.25) is 5.88 Å². The molecule has 2 aromatic rings. The highest BCUT2D eigenvalue weighted by atomic mass is 79.9. The van der Waals surface area contributed by atoms with Crippen LogP contribution >= 0.6 is 15.9 Å². The minimum absolute atomic E-state index is 0.149. The lowest BCUT2D eigenvalue weighted by Crippen LogP contribution is -2.12. The highest BCUT2D eigenvalue weighted by molar-refractivity contribution is 9.10. The number of hydrogen-bond acceptors (Lipinski definition) is 3. The van der Waals surface area contributed by atoms with Gasteiger partial charge in [-0.2, -0.15) is 0 Å². The van der Waals surface area contributed by atoms with Crippen molar-refractivity contribution in [2.75, 3.05) is 7.05 Å². The van der Waals surface area contributed by atoms with Crippen molar-refractivity contribution in [1.29, 1.82) is 0 Å². The Labute approximate surface area is 119 Å². The SMILES string of the molecule is CNC(C)c1ccnc(Oc2cc(Br)ccc2F)c1. The third-order valence-corrected chi connectivity index (χ3v) is 3.29. The molecule has 0 fully saturated rings. The number of rotatable bonds is 4. The van der Waals surface area contributed by atoms with E-state index in [1.807, 2.05) is 20.0 Å². The van der Waals surface area contributed by atoms with Gasteiger partial charge in [-0.1, -0.05) is 15.9 Å². The molecule has 5 heteroatoms. The molecule has 0 aliphatic carbocycles. The maximum atomic E-state index is 13.6. The summed E-state index contributed by atoms with van der Waals surface area (Å²) >= 11 is 3.28. The summed E-state index contributed by atoms with van der Waals surface area (Å²) in [5.74, 6) is 0.102. The van der Waals surface area contributed by atoms with E-state index in [1.165, 1.54) is 6.07 Å². The first kappa shape index (κ1) is 14.0. The van der Waals surface area contributed by atoms with E-state index in [0.29, 0.717) is 5.88 Å². The monoisotopic (exact) mass is 324 g/mol. The average Bonchev–Trinajstić information content (AvgIpc) is 2.42. The summed E-state index contributed by atoms with van der Waals surface area (Å²) in [7, 11) is 1.87. The van der Waals surface area contributed by atoms with Crippen LogP contribution in [0.4, 0.5) is 4.39 Å². The fourth-order valence-electron chi connectivity index (χ4n) is 1.58. The number of aromatic nitrogens is 1. The Morgan fingerprint density at radius 2 is 2.11 bits per heavy atom. The van der Waals surface area contributed by atoms with Gasteiger partial charge in [-0.15, -0.1) is 0 Å². The highest BCUT2D eigenvalue weighted by Crippen LogP contribution is 2.27. The number of benzene rings is 1. The molecule has 3 nitrogen and oxygen atoms in total. The van der Waals surface area contributed by atoms with Crippen molar-refractivity contribution in [3.05, 3.63) is 52.4 Å². The largest absolute Gasteiger partial charge is 0.436 e. The molecule has 0 aliphatic rings. The first-order chi connectivity index (χ1) is 9.10. The lowest BCUT2D eigenvalue weighted by atomic mass is 10.1. The second-order valence-electron chi connectivity index (χ2n) is 4.11. The van der Waals surface area contributed by atoms with E-state index in [0.717, 1.165) is 10.0 Å². The fourth-order valence-corrected chi connectivity index (χ4v) is 1.92. The van der Waals surface area contributed by atoms with Gasteiger partial charge >= 0.3 is 0 Å². The number of nitrogens with one attached hydrogen (secondary N) is 1. The maximum Gasteiger partial charge on any atom is 0.219 e. The number of pyridine rings is 1. The van der Waals surface area contributed by atoms with Gasteiger partial charge in [0.15, 0.2) is 11.6 Å². The van der Waals surface area contributed by atoms with Gasteiger partial charge in [-0.05, 0) is 43.8 Å². The van der Waals surface area contributed by atoms with Crippen LogP contribution in [-0.4, -0.2) is 12.0 Å². The standard InChI is InChI=1S/C14H14BrFN2O/c1-9(17-2)10-5-6-18-14(7-10)19-13-8-11(15)3-4-12(13)16/h3-9,17H,1-2H3. The maximum absolute atomic E-state index is 13.6. The van der Waals surface area contributed by atoms with E-state index in [4.69, 9.17) is 4.74 Å². The highest BCUT2D eigenvalue weighted by Gasteiger charge is 2.09. The van der Waals surface area contributed by atoms with E-state index in [9.17, 15) is 4.39 Å². The summed E-state index contributed by atoms with van der Waals surface area (Å²) in [6, 6.07) is 8.41. The zero-order chi connectivity index (χ0) is 13.8. The van der Waals surface area contributed by atoms with Crippen molar-refractivity contribution < 1.29 is 9.13 Å². The number of nitrogens with zero attached hydrogens (tertiary/aromatic N) is 1. The van der Waals surface area contributed by atoms with Gasteiger partial charge in [0.25, 0.3) is 0 Å². The smallest absolute Gasteiger partial charge is 0.219 e. The molecular weight excluding hydrogens is 311 g/mol. The normalized spacial score (nSPS) is 12.2. The molecule has 1 atom stereocenters. The van der Waals surface area contributed by atoms with Crippen LogP contribution in [0.3, 0.4) is 0 Å². The lowest BCUT2D eigenvalue weighted by molar-refractivity contribution is 0.426. The molecule has 0 bridgehead atoms. The molecule has 0 aliphatic heterocycles. The van der Waals surface area contributed by atoms with Crippen molar-refractivity contribution in [3.8, 4) is 11.6 Å². The van der Waals surface area contributed by atoms with E-state index in [1.54, 1.807) is 24.4 Å². The van der Waals surface area contributed by atoms with Crippen molar-refractivity contribution in [2.45, 2.75) is 13.0 Å². The Morgan fingerprint density at radius 1 is 1.32 bits per heavy atom. The van der Waals surface area contributed by atoms with Gasteiger partial charge in [0, 0.05) is 22.8 Å². The Bertz CT molecular complexity index is 577. The van der Waals surface area contributed by atoms with Crippen LogP contribution in [0.5, 0.6) is 11.6 Å². The molecule has 0 saturated heterocycles. The number of halogens is 2. The summed E-state index contributed by atoms with van der Waals surface area (Å²) in [5, 5.41) is 3.13. The third-order valence-electron chi connectivity index (χ3n) is 2.80. The molecule has 0 amide bonds. The second-order valence-corrected chi connectivity index (χ2v) is 5.03. The molecule has 2 rings (SSSR count). The molecule has 1 aromatic carbocycles. The predicted octanol–water partition coefficient (Wildman–Crippen LogP) is 4.06. The molecule has 0 saturated carbocycles. The van der Waals surface area contributed by atoms with Crippen LogP contribution in [0.2, 0.25) is 0 Å². The molecule has 1 unspecified atom stereocenters. The van der Waals surface area contributed by atoms with Gasteiger partial charge < -0.3 is 10.1 Å². The summed E-state index contributed by atoms with van der Waals surface area (Å²) in [6.07, 6.45) is 1.65. The van der Waals surface area contributed by atoms with E-state index < -0.39 is 5.82 Å². The van der Waals surface area contributed by atoms with E-state index >= 15 is 0 Å². The topological polar surface area (TPSA) is 34.2 Å². The van der Waals surface area contributed by atoms with Crippen LogP contribution in [-0.2, 0) is 0 Å². The summed E-state index contributed by atoms with van der Waals surface area (Å²) in [6.45, 7) is 2.03. The first-order valence-corrected chi connectivity index (χ1v) is 6.65. The Hall–Kier alpha value is -1.46. The summed E-state index contributed by atoms with van der Waals surface area (Å²) in [5.41, 5.74) is 1.03. The molecular formula is C14H14BrFN2O. The van der Waals surface area contributed by atoms with Crippen molar-refractivity contribution in [3.63, 3.8) is 0 Å². The fraction of sp³-hybridized carbons (Fsp3) is 0.214.